The minimum Gasteiger partial charge on any atom is -0.493 e. The van der Waals surface area contributed by atoms with Crippen molar-refractivity contribution in [2.75, 3.05) is 19.5 Å². The molecule has 2 aromatic carbocycles. The van der Waals surface area contributed by atoms with Gasteiger partial charge in [-0.3, -0.25) is 10.1 Å². The predicted molar refractivity (Wildman–Crippen MR) is 105 cm³/mol. The fraction of sp³-hybridized carbons (Fsp3) is 0.333. The Bertz CT molecular complexity index is 898. The first-order chi connectivity index (χ1) is 12.1. The fourth-order valence-electron chi connectivity index (χ4n) is 2.80. The number of nitro groups is 1. The average Bonchev–Trinajstić information content (AvgIpc) is 2.58. The number of hydrogen-bond donors (Lipinski definition) is 1. The van der Waals surface area contributed by atoms with Gasteiger partial charge in [0.25, 0.3) is 0 Å². The summed E-state index contributed by atoms with van der Waals surface area (Å²) >= 11 is 12.7. The Morgan fingerprint density at radius 1 is 0.962 bits per heavy atom. The summed E-state index contributed by atoms with van der Waals surface area (Å²) in [6.07, 6.45) is 0. The number of anilines is 2. The molecule has 0 saturated carbocycles. The van der Waals surface area contributed by atoms with Gasteiger partial charge >= 0.3 is 5.69 Å². The van der Waals surface area contributed by atoms with Crippen LogP contribution in [0.2, 0.25) is 10.0 Å². The van der Waals surface area contributed by atoms with Crippen LogP contribution in [0.25, 0.3) is 0 Å². The van der Waals surface area contributed by atoms with E-state index in [1.165, 1.54) is 14.2 Å². The van der Waals surface area contributed by atoms with Gasteiger partial charge in [0.15, 0.2) is 5.75 Å². The number of rotatable bonds is 5. The third-order valence-electron chi connectivity index (χ3n) is 4.52. The highest BCUT2D eigenvalue weighted by Crippen LogP contribution is 2.48. The minimum absolute atomic E-state index is 0.0117. The fourth-order valence-corrected chi connectivity index (χ4v) is 3.49. The number of ether oxygens (including phenoxy) is 2. The highest BCUT2D eigenvalue weighted by Gasteiger charge is 2.28. The van der Waals surface area contributed by atoms with Crippen molar-refractivity contribution in [2.45, 2.75) is 27.7 Å². The van der Waals surface area contributed by atoms with Crippen LogP contribution >= 0.6 is 23.2 Å². The van der Waals surface area contributed by atoms with Crippen molar-refractivity contribution in [1.82, 2.24) is 0 Å². The van der Waals surface area contributed by atoms with Gasteiger partial charge in [-0.05, 0) is 50.5 Å². The Morgan fingerprint density at radius 3 is 2.04 bits per heavy atom. The summed E-state index contributed by atoms with van der Waals surface area (Å²) in [5.74, 6) is 0.484. The number of nitrogens with one attached hydrogen (secondary N) is 1. The topological polar surface area (TPSA) is 73.6 Å². The lowest BCUT2D eigenvalue weighted by Crippen LogP contribution is -2.06. The van der Waals surface area contributed by atoms with Crippen molar-refractivity contribution in [3.05, 3.63) is 48.5 Å². The molecule has 0 aliphatic rings. The summed E-state index contributed by atoms with van der Waals surface area (Å²) < 4.78 is 10.7. The molecule has 1 N–H and O–H groups in total. The van der Waals surface area contributed by atoms with Gasteiger partial charge in [0, 0.05) is 5.56 Å². The van der Waals surface area contributed by atoms with E-state index in [0.717, 1.165) is 11.1 Å². The highest BCUT2D eigenvalue weighted by molar-refractivity contribution is 6.36. The van der Waals surface area contributed by atoms with Crippen LogP contribution in [0, 0.1) is 37.8 Å². The molecule has 0 aromatic heterocycles. The molecule has 0 radical (unpaired) electrons. The van der Waals surface area contributed by atoms with E-state index < -0.39 is 4.92 Å². The maximum Gasteiger partial charge on any atom is 0.315 e. The molecule has 8 heteroatoms. The Hall–Kier alpha value is -2.18. The molecule has 2 rings (SSSR count). The molecule has 0 fully saturated rings. The number of benzene rings is 2. The molecule has 0 aliphatic carbocycles. The number of halogens is 2. The molecule has 6 nitrogen and oxygen atoms in total. The summed E-state index contributed by atoms with van der Waals surface area (Å²) in [6.45, 7) is 7.28. The number of hydrogen-bond acceptors (Lipinski definition) is 5. The van der Waals surface area contributed by atoms with E-state index in [-0.39, 0.29) is 16.5 Å². The standard InChI is InChI=1S/C18H20Cl2N2O4/c1-8-7-12(19)17(25-5)15(9(8)2)21-14-10(3)11(4)16(22(23)24)18(26-6)13(14)20/h7,21H,1-6H3. The smallest absolute Gasteiger partial charge is 0.315 e. The van der Waals surface area contributed by atoms with Gasteiger partial charge in [-0.1, -0.05) is 23.2 Å². The Kier molecular flexibility index (Phi) is 5.88. The number of nitrogens with zero attached hydrogens (tertiary/aromatic N) is 1. The van der Waals surface area contributed by atoms with Gasteiger partial charge < -0.3 is 14.8 Å². The molecule has 0 bridgehead atoms. The number of methoxy groups -OCH3 is 2. The Labute approximate surface area is 162 Å². The third kappa shape index (κ3) is 3.27. The van der Waals surface area contributed by atoms with Crippen LogP contribution in [-0.4, -0.2) is 19.1 Å². The van der Waals surface area contributed by atoms with Crippen molar-refractivity contribution in [3.63, 3.8) is 0 Å². The van der Waals surface area contributed by atoms with Gasteiger partial charge in [-0.15, -0.1) is 0 Å². The summed E-state index contributed by atoms with van der Waals surface area (Å²) in [5, 5.41) is 15.3. The third-order valence-corrected chi connectivity index (χ3v) is 5.16. The van der Waals surface area contributed by atoms with Crippen LogP contribution in [0.15, 0.2) is 6.07 Å². The number of nitro benzene ring substituents is 1. The van der Waals surface area contributed by atoms with Gasteiger partial charge in [0.1, 0.15) is 5.02 Å². The minimum atomic E-state index is -0.494. The van der Waals surface area contributed by atoms with Crippen molar-refractivity contribution < 1.29 is 14.4 Å². The van der Waals surface area contributed by atoms with Crippen LogP contribution in [0.1, 0.15) is 22.3 Å². The van der Waals surface area contributed by atoms with Crippen molar-refractivity contribution in [2.24, 2.45) is 0 Å². The lowest BCUT2D eigenvalue weighted by atomic mass is 10.0. The molecule has 0 aliphatic heterocycles. The monoisotopic (exact) mass is 398 g/mol. The van der Waals surface area contributed by atoms with E-state index in [0.29, 0.717) is 33.3 Å². The van der Waals surface area contributed by atoms with Gasteiger partial charge in [-0.25, -0.2) is 0 Å². The van der Waals surface area contributed by atoms with E-state index >= 15 is 0 Å². The molecular weight excluding hydrogens is 379 g/mol. The van der Waals surface area contributed by atoms with Crippen molar-refractivity contribution >= 4 is 40.3 Å². The van der Waals surface area contributed by atoms with Gasteiger partial charge in [-0.2, -0.15) is 0 Å². The summed E-state index contributed by atoms with van der Waals surface area (Å²) in [6, 6.07) is 1.82. The van der Waals surface area contributed by atoms with E-state index in [1.807, 2.05) is 19.9 Å². The van der Waals surface area contributed by atoms with Crippen LogP contribution in [0.3, 0.4) is 0 Å². The van der Waals surface area contributed by atoms with E-state index in [9.17, 15) is 10.1 Å². The average molecular weight is 399 g/mol. The SMILES string of the molecule is COc1c(Cl)cc(C)c(C)c1Nc1c(C)c(C)c([N+](=O)[O-])c(OC)c1Cl. The Balaban J connectivity index is 2.77. The van der Waals surface area contributed by atoms with E-state index in [4.69, 9.17) is 32.7 Å². The van der Waals surface area contributed by atoms with Crippen LogP contribution < -0.4 is 14.8 Å². The lowest BCUT2D eigenvalue weighted by Gasteiger charge is -2.21. The zero-order valence-corrected chi connectivity index (χ0v) is 16.9. The Morgan fingerprint density at radius 2 is 1.54 bits per heavy atom. The second kappa shape index (κ2) is 7.60. The molecular formula is C18H20Cl2N2O4. The summed E-state index contributed by atoms with van der Waals surface area (Å²) in [4.78, 5) is 10.9. The number of aryl methyl sites for hydroxylation is 1. The van der Waals surface area contributed by atoms with Crippen LogP contribution in [0.4, 0.5) is 17.1 Å². The first kappa shape index (κ1) is 20.1. The first-order valence-electron chi connectivity index (χ1n) is 7.77. The normalized spacial score (nSPS) is 10.6. The molecule has 0 saturated heterocycles. The largest absolute Gasteiger partial charge is 0.493 e. The van der Waals surface area contributed by atoms with Gasteiger partial charge in [0.05, 0.1) is 35.5 Å². The summed E-state index contributed by atoms with van der Waals surface area (Å²) in [7, 11) is 2.87. The summed E-state index contributed by atoms with van der Waals surface area (Å²) in [5.41, 5.74) is 4.02. The quantitative estimate of drug-likeness (QED) is 0.501. The maximum atomic E-state index is 11.4. The van der Waals surface area contributed by atoms with E-state index in [1.54, 1.807) is 13.8 Å². The zero-order valence-electron chi connectivity index (χ0n) is 15.4. The van der Waals surface area contributed by atoms with Gasteiger partial charge in [0.2, 0.25) is 5.75 Å². The predicted octanol–water partition coefficient (Wildman–Crippen LogP) is 5.90. The molecule has 0 spiro atoms. The highest BCUT2D eigenvalue weighted by atomic mass is 35.5. The molecule has 0 amide bonds. The molecule has 0 unspecified atom stereocenters. The second-order valence-corrected chi connectivity index (χ2v) is 6.70. The second-order valence-electron chi connectivity index (χ2n) is 5.91. The van der Waals surface area contributed by atoms with Crippen molar-refractivity contribution in [1.29, 1.82) is 0 Å². The molecule has 140 valence electrons. The van der Waals surface area contributed by atoms with Crippen LogP contribution in [-0.2, 0) is 0 Å². The lowest BCUT2D eigenvalue weighted by molar-refractivity contribution is -0.386. The van der Waals surface area contributed by atoms with E-state index in [2.05, 4.69) is 5.32 Å². The van der Waals surface area contributed by atoms with Crippen molar-refractivity contribution in [3.8, 4) is 11.5 Å². The molecule has 0 atom stereocenters. The molecule has 26 heavy (non-hydrogen) atoms. The van der Waals surface area contributed by atoms with Crippen LogP contribution in [0.5, 0.6) is 11.5 Å². The first-order valence-corrected chi connectivity index (χ1v) is 8.52. The molecule has 0 heterocycles. The maximum absolute atomic E-state index is 11.4. The molecule has 2 aromatic rings. The zero-order chi connectivity index (χ0) is 19.8.